The van der Waals surface area contributed by atoms with Gasteiger partial charge in [-0.05, 0) is 103 Å². The number of ether oxygens (including phenoxy) is 2. The van der Waals surface area contributed by atoms with Gasteiger partial charge in [0.15, 0.2) is 6.10 Å². The van der Waals surface area contributed by atoms with Gasteiger partial charge in [0.25, 0.3) is 0 Å². The predicted molar refractivity (Wildman–Crippen MR) is 307 cm³/mol. The van der Waals surface area contributed by atoms with Crippen LogP contribution in [0.3, 0.4) is 0 Å². The van der Waals surface area contributed by atoms with Crippen LogP contribution in [0, 0.1) is 0 Å². The van der Waals surface area contributed by atoms with Gasteiger partial charge in [-0.15, -0.1) is 0 Å². The molecule has 0 heterocycles. The Balaban J connectivity index is 4.25. The van der Waals surface area contributed by atoms with Gasteiger partial charge in [0.1, 0.15) is 19.8 Å². The van der Waals surface area contributed by atoms with Crippen LogP contribution in [-0.4, -0.2) is 74.9 Å². The van der Waals surface area contributed by atoms with Crippen LogP contribution in [0.5, 0.6) is 0 Å². The molecule has 2 unspecified atom stereocenters. The smallest absolute Gasteiger partial charge is 0.462 e. The van der Waals surface area contributed by atoms with E-state index in [1.54, 1.807) is 0 Å². The highest BCUT2D eigenvalue weighted by atomic mass is 31.2. The summed E-state index contributed by atoms with van der Waals surface area (Å²) in [5.41, 5.74) is 0. The minimum absolute atomic E-state index is 0.0209. The molecule has 0 fully saturated rings. The average molecular weight is 1020 g/mol. The van der Waals surface area contributed by atoms with E-state index < -0.39 is 32.5 Å². The van der Waals surface area contributed by atoms with Crippen molar-refractivity contribution in [3.63, 3.8) is 0 Å². The molecule has 0 amide bonds. The van der Waals surface area contributed by atoms with E-state index in [1.807, 2.05) is 21.1 Å². The molecule has 2 atom stereocenters. The van der Waals surface area contributed by atoms with Gasteiger partial charge >= 0.3 is 19.8 Å². The van der Waals surface area contributed by atoms with Gasteiger partial charge in [-0.2, -0.15) is 0 Å². The van der Waals surface area contributed by atoms with E-state index in [9.17, 15) is 19.0 Å². The number of rotatable bonds is 50. The monoisotopic (exact) mass is 1020 g/mol. The van der Waals surface area contributed by atoms with E-state index >= 15 is 0 Å². The Kier molecular flexibility index (Phi) is 49.7. The number of allylic oxidation sites excluding steroid dienone is 20. The van der Waals surface area contributed by atoms with Gasteiger partial charge in [-0.1, -0.05) is 212 Å². The van der Waals surface area contributed by atoms with E-state index in [0.717, 1.165) is 122 Å². The summed E-state index contributed by atoms with van der Waals surface area (Å²) in [7, 11) is 1.45. The SMILES string of the molecule is CC/C=C\C/C=C\C/C=C\C/C=C\C/C=C\CCCCCCCCCCCCCC(=O)OC(COC(=O)CCCCCCC/C=C\C/C=C\C/C=C\C/C=C\C/C=C\CC)COP(=O)(O)OCC[N+](C)(C)C. The summed E-state index contributed by atoms with van der Waals surface area (Å²) in [4.78, 5) is 35.7. The normalized spacial score (nSPS) is 14.2. The summed E-state index contributed by atoms with van der Waals surface area (Å²) in [6, 6.07) is 0. The molecule has 0 rings (SSSR count). The maximum Gasteiger partial charge on any atom is 0.472 e. The van der Waals surface area contributed by atoms with E-state index in [2.05, 4.69) is 135 Å². The second kappa shape index (κ2) is 52.3. The van der Waals surface area contributed by atoms with Crippen LogP contribution in [0.25, 0.3) is 0 Å². The van der Waals surface area contributed by atoms with Crippen LogP contribution in [0.2, 0.25) is 0 Å². The van der Waals surface area contributed by atoms with Crippen molar-refractivity contribution < 1.29 is 42.1 Å². The molecular formula is C62H105NO8P+. The Bertz CT molecular complexity index is 1630. The Morgan fingerprint density at radius 2 is 0.750 bits per heavy atom. The molecule has 410 valence electrons. The van der Waals surface area contributed by atoms with E-state index in [0.29, 0.717) is 23.9 Å². The first-order valence-electron chi connectivity index (χ1n) is 28.3. The molecule has 0 saturated carbocycles. The third-order valence-electron chi connectivity index (χ3n) is 11.5. The van der Waals surface area contributed by atoms with Gasteiger partial charge in [-0.3, -0.25) is 18.6 Å². The number of hydrogen-bond acceptors (Lipinski definition) is 7. The number of unbranched alkanes of at least 4 members (excludes halogenated alkanes) is 16. The number of hydrogen-bond donors (Lipinski definition) is 1. The average Bonchev–Trinajstić information content (AvgIpc) is 3.34. The molecule has 1 N–H and O–H groups in total. The van der Waals surface area contributed by atoms with Crippen LogP contribution < -0.4 is 0 Å². The van der Waals surface area contributed by atoms with Crippen LogP contribution >= 0.6 is 7.82 Å². The van der Waals surface area contributed by atoms with Crippen molar-refractivity contribution in [2.75, 3.05) is 47.5 Å². The van der Waals surface area contributed by atoms with Crippen molar-refractivity contribution in [2.45, 2.75) is 213 Å². The molecule has 0 radical (unpaired) electrons. The van der Waals surface area contributed by atoms with Crippen LogP contribution in [0.15, 0.2) is 122 Å². The lowest BCUT2D eigenvalue weighted by atomic mass is 10.0. The number of likely N-dealkylation sites (N-methyl/N-ethyl adjacent to an activating group) is 1. The summed E-state index contributed by atoms with van der Waals surface area (Å²) >= 11 is 0. The zero-order valence-corrected chi connectivity index (χ0v) is 47.3. The largest absolute Gasteiger partial charge is 0.472 e. The predicted octanol–water partition coefficient (Wildman–Crippen LogP) is 17.6. The number of phosphoric acid groups is 1. The van der Waals surface area contributed by atoms with Crippen molar-refractivity contribution >= 4 is 19.8 Å². The minimum Gasteiger partial charge on any atom is -0.462 e. The lowest BCUT2D eigenvalue weighted by molar-refractivity contribution is -0.870. The number of carbonyl (C=O) groups excluding carboxylic acids is 2. The summed E-state index contributed by atoms with van der Waals surface area (Å²) in [6.07, 6.45) is 74.0. The third-order valence-corrected chi connectivity index (χ3v) is 12.5. The fraction of sp³-hybridized carbons (Fsp3) is 0.645. The molecular weight excluding hydrogens is 918 g/mol. The first-order valence-corrected chi connectivity index (χ1v) is 29.8. The summed E-state index contributed by atoms with van der Waals surface area (Å²) in [5, 5.41) is 0. The molecule has 0 aromatic heterocycles. The molecule has 0 aliphatic rings. The molecule has 0 aliphatic heterocycles. The Morgan fingerprint density at radius 3 is 1.11 bits per heavy atom. The van der Waals surface area contributed by atoms with Gasteiger partial charge in [0.2, 0.25) is 0 Å². The Hall–Kier alpha value is -3.59. The van der Waals surface area contributed by atoms with Crippen LogP contribution in [0.4, 0.5) is 0 Å². The molecule has 0 bridgehead atoms. The topological polar surface area (TPSA) is 108 Å². The molecule has 0 aromatic carbocycles. The quantitative estimate of drug-likeness (QED) is 0.0211. The number of nitrogens with zero attached hydrogens (tertiary/aromatic N) is 1. The van der Waals surface area contributed by atoms with Gasteiger partial charge in [0, 0.05) is 12.8 Å². The van der Waals surface area contributed by atoms with Crippen molar-refractivity contribution in [3.8, 4) is 0 Å². The summed E-state index contributed by atoms with van der Waals surface area (Å²) in [6.45, 7) is 4.17. The molecule has 0 spiro atoms. The molecule has 0 aliphatic carbocycles. The van der Waals surface area contributed by atoms with Crippen molar-refractivity contribution in [1.29, 1.82) is 0 Å². The highest BCUT2D eigenvalue weighted by molar-refractivity contribution is 7.47. The molecule has 10 heteroatoms. The standard InChI is InChI=1S/C62H104NO8P/c1-6-8-10-12-14-16-18-20-22-24-26-28-29-30-31-32-33-35-37-39-41-43-45-47-49-51-53-55-62(65)71-60(59-70-72(66,67)69-57-56-63(3,4)5)58-68-61(64)54-52-50-48-46-44-42-40-38-36-34-27-25-23-21-19-17-15-13-11-9-7-2/h8-11,14-17,20-23,26-28,30-31,34,38,40,60H,6-7,12-13,18-19,24-25,29,32-33,35-37,39,41-59H2,1-5H3/p+1/b10-8-,11-9-,16-14-,17-15-,22-20-,23-21-,28-26-,31-30-,34-27-,40-38-. The van der Waals surface area contributed by atoms with Gasteiger partial charge in [-0.25, -0.2) is 4.57 Å². The lowest BCUT2D eigenvalue weighted by Gasteiger charge is -2.24. The fourth-order valence-electron chi connectivity index (χ4n) is 7.19. The second-order valence-electron chi connectivity index (χ2n) is 19.6. The van der Waals surface area contributed by atoms with Gasteiger partial charge < -0.3 is 18.9 Å². The minimum atomic E-state index is -4.40. The number of quaternary nitrogens is 1. The first-order chi connectivity index (χ1) is 35.0. The number of carbonyl (C=O) groups is 2. The van der Waals surface area contributed by atoms with Gasteiger partial charge in [0.05, 0.1) is 27.7 Å². The Morgan fingerprint density at radius 1 is 0.431 bits per heavy atom. The van der Waals surface area contributed by atoms with Crippen LogP contribution in [-0.2, 0) is 32.7 Å². The highest BCUT2D eigenvalue weighted by Crippen LogP contribution is 2.43. The molecule has 0 saturated heterocycles. The maximum atomic E-state index is 12.8. The van der Waals surface area contributed by atoms with Crippen molar-refractivity contribution in [3.05, 3.63) is 122 Å². The van der Waals surface area contributed by atoms with E-state index in [4.69, 9.17) is 18.5 Å². The molecule has 9 nitrogen and oxygen atoms in total. The zero-order valence-electron chi connectivity index (χ0n) is 46.4. The number of esters is 2. The summed E-state index contributed by atoms with van der Waals surface area (Å²) < 4.78 is 34.5. The number of phosphoric ester groups is 1. The summed E-state index contributed by atoms with van der Waals surface area (Å²) in [5.74, 6) is -0.831. The second-order valence-corrected chi connectivity index (χ2v) is 21.0. The lowest BCUT2D eigenvalue weighted by Crippen LogP contribution is -2.37. The Labute approximate surface area is 441 Å². The first kappa shape index (κ1) is 68.4. The maximum absolute atomic E-state index is 12.8. The zero-order chi connectivity index (χ0) is 52.7. The third kappa shape index (κ3) is 55.7. The highest BCUT2D eigenvalue weighted by Gasteiger charge is 2.27. The molecule has 72 heavy (non-hydrogen) atoms. The fourth-order valence-corrected chi connectivity index (χ4v) is 7.93. The van der Waals surface area contributed by atoms with E-state index in [1.165, 1.54) is 44.9 Å². The van der Waals surface area contributed by atoms with Crippen molar-refractivity contribution in [2.24, 2.45) is 0 Å². The van der Waals surface area contributed by atoms with E-state index in [-0.39, 0.29) is 26.1 Å². The van der Waals surface area contributed by atoms with Crippen molar-refractivity contribution in [1.82, 2.24) is 0 Å². The van der Waals surface area contributed by atoms with Crippen LogP contribution in [0.1, 0.15) is 206 Å². The molecule has 0 aromatic rings.